The van der Waals surface area contributed by atoms with Crippen LogP contribution in [0, 0.1) is 0 Å². The topological polar surface area (TPSA) is 74.3 Å². The Morgan fingerprint density at radius 1 is 1.21 bits per heavy atom. The molecular formula is C17H26IN5O. The van der Waals surface area contributed by atoms with Crippen LogP contribution in [0.5, 0.6) is 0 Å². The zero-order valence-corrected chi connectivity index (χ0v) is 16.5. The summed E-state index contributed by atoms with van der Waals surface area (Å²) in [5.74, 6) is 1.61. The van der Waals surface area contributed by atoms with Crippen LogP contribution in [0.25, 0.3) is 11.3 Å². The van der Waals surface area contributed by atoms with Gasteiger partial charge in [0.05, 0.1) is 18.5 Å². The van der Waals surface area contributed by atoms with Crippen LogP contribution in [0.3, 0.4) is 0 Å². The summed E-state index contributed by atoms with van der Waals surface area (Å²) in [6.45, 7) is 7.46. The highest BCUT2D eigenvalue weighted by atomic mass is 127. The van der Waals surface area contributed by atoms with Gasteiger partial charge < -0.3 is 20.4 Å². The van der Waals surface area contributed by atoms with Crippen LogP contribution in [-0.4, -0.2) is 42.2 Å². The van der Waals surface area contributed by atoms with Crippen molar-refractivity contribution in [2.75, 3.05) is 26.3 Å². The van der Waals surface area contributed by atoms with E-state index in [2.05, 4.69) is 37.7 Å². The molecule has 3 N–H and O–H groups in total. The van der Waals surface area contributed by atoms with E-state index in [1.807, 2.05) is 38.2 Å². The Labute approximate surface area is 160 Å². The van der Waals surface area contributed by atoms with Gasteiger partial charge >= 0.3 is 0 Å². The van der Waals surface area contributed by atoms with E-state index in [0.717, 1.165) is 42.7 Å². The number of halogens is 1. The van der Waals surface area contributed by atoms with Gasteiger partial charge in [0, 0.05) is 19.7 Å². The SMILES string of the molecule is CCNC(=NCc1ncc(-c2ccccc2)[nH]1)NCCOCC.I. The number of nitrogens with zero attached hydrogens (tertiary/aromatic N) is 2. The molecule has 0 spiro atoms. The second-order valence-corrected chi connectivity index (χ2v) is 4.93. The summed E-state index contributed by atoms with van der Waals surface area (Å²) >= 11 is 0. The molecule has 0 fully saturated rings. The third kappa shape index (κ3) is 6.88. The van der Waals surface area contributed by atoms with Crippen molar-refractivity contribution in [3.63, 3.8) is 0 Å². The Bertz CT molecular complexity index is 600. The van der Waals surface area contributed by atoms with E-state index >= 15 is 0 Å². The fourth-order valence-corrected chi connectivity index (χ4v) is 2.09. The highest BCUT2D eigenvalue weighted by Gasteiger charge is 2.03. The van der Waals surface area contributed by atoms with Crippen LogP contribution in [0.2, 0.25) is 0 Å². The molecule has 2 aromatic rings. The Morgan fingerprint density at radius 3 is 2.71 bits per heavy atom. The van der Waals surface area contributed by atoms with E-state index in [1.54, 1.807) is 0 Å². The van der Waals surface area contributed by atoms with Gasteiger partial charge in [0.2, 0.25) is 0 Å². The molecule has 2 rings (SSSR count). The Hall–Kier alpha value is -1.61. The average Bonchev–Trinajstić information content (AvgIpc) is 3.06. The molecule has 0 saturated carbocycles. The van der Waals surface area contributed by atoms with Crippen molar-refractivity contribution >= 4 is 29.9 Å². The molecule has 6 nitrogen and oxygen atoms in total. The number of aliphatic imine (C=N–C) groups is 1. The lowest BCUT2D eigenvalue weighted by Gasteiger charge is -2.10. The van der Waals surface area contributed by atoms with Gasteiger partial charge in [0.15, 0.2) is 5.96 Å². The molecule has 0 bridgehead atoms. The van der Waals surface area contributed by atoms with Gasteiger partial charge in [-0.25, -0.2) is 9.98 Å². The van der Waals surface area contributed by atoms with Crippen LogP contribution in [0.1, 0.15) is 19.7 Å². The number of benzene rings is 1. The number of nitrogens with one attached hydrogen (secondary N) is 3. The third-order valence-electron chi connectivity index (χ3n) is 3.19. The predicted octanol–water partition coefficient (Wildman–Crippen LogP) is 2.79. The lowest BCUT2D eigenvalue weighted by Crippen LogP contribution is -2.39. The minimum Gasteiger partial charge on any atom is -0.380 e. The van der Waals surface area contributed by atoms with E-state index in [0.29, 0.717) is 13.2 Å². The van der Waals surface area contributed by atoms with Crippen molar-refractivity contribution < 1.29 is 4.74 Å². The number of hydrogen-bond donors (Lipinski definition) is 3. The summed E-state index contributed by atoms with van der Waals surface area (Å²) in [7, 11) is 0. The summed E-state index contributed by atoms with van der Waals surface area (Å²) in [5, 5.41) is 6.45. The van der Waals surface area contributed by atoms with Crippen molar-refractivity contribution in [3.05, 3.63) is 42.4 Å². The lowest BCUT2D eigenvalue weighted by atomic mass is 10.2. The van der Waals surface area contributed by atoms with E-state index in [1.165, 1.54) is 0 Å². The molecule has 1 heterocycles. The summed E-state index contributed by atoms with van der Waals surface area (Å²) < 4.78 is 5.31. The number of rotatable bonds is 8. The van der Waals surface area contributed by atoms with Gasteiger partial charge in [-0.1, -0.05) is 30.3 Å². The van der Waals surface area contributed by atoms with Crippen molar-refractivity contribution in [2.24, 2.45) is 4.99 Å². The summed E-state index contributed by atoms with van der Waals surface area (Å²) in [6, 6.07) is 10.1. The van der Waals surface area contributed by atoms with Gasteiger partial charge in [-0.05, 0) is 19.4 Å². The molecule has 0 aliphatic rings. The second-order valence-electron chi connectivity index (χ2n) is 4.93. The predicted molar refractivity (Wildman–Crippen MR) is 109 cm³/mol. The Morgan fingerprint density at radius 2 is 2.00 bits per heavy atom. The van der Waals surface area contributed by atoms with Gasteiger partial charge in [0.25, 0.3) is 0 Å². The van der Waals surface area contributed by atoms with Gasteiger partial charge in [-0.2, -0.15) is 0 Å². The number of aromatic amines is 1. The average molecular weight is 443 g/mol. The minimum absolute atomic E-state index is 0. The molecule has 0 unspecified atom stereocenters. The molecule has 0 amide bonds. The zero-order chi connectivity index (χ0) is 16.3. The van der Waals surface area contributed by atoms with E-state index in [9.17, 15) is 0 Å². The molecule has 7 heteroatoms. The van der Waals surface area contributed by atoms with Crippen LogP contribution < -0.4 is 10.6 Å². The van der Waals surface area contributed by atoms with Crippen LogP contribution in [0.4, 0.5) is 0 Å². The van der Waals surface area contributed by atoms with Crippen LogP contribution in [-0.2, 0) is 11.3 Å². The van der Waals surface area contributed by atoms with Crippen molar-refractivity contribution in [1.29, 1.82) is 0 Å². The molecule has 1 aromatic carbocycles. The Kier molecular flexibility index (Phi) is 10.1. The van der Waals surface area contributed by atoms with E-state index in [4.69, 9.17) is 4.74 Å². The fraction of sp³-hybridized carbons (Fsp3) is 0.412. The summed E-state index contributed by atoms with van der Waals surface area (Å²) in [4.78, 5) is 12.2. The molecular weight excluding hydrogens is 417 g/mol. The Balaban J connectivity index is 0.00000288. The smallest absolute Gasteiger partial charge is 0.191 e. The fourth-order valence-electron chi connectivity index (χ4n) is 2.09. The van der Waals surface area contributed by atoms with Crippen molar-refractivity contribution in [2.45, 2.75) is 20.4 Å². The number of hydrogen-bond acceptors (Lipinski definition) is 3. The normalized spacial score (nSPS) is 11.0. The van der Waals surface area contributed by atoms with E-state index in [-0.39, 0.29) is 24.0 Å². The van der Waals surface area contributed by atoms with Crippen LogP contribution >= 0.6 is 24.0 Å². The molecule has 0 radical (unpaired) electrons. The minimum atomic E-state index is 0. The first-order valence-electron chi connectivity index (χ1n) is 8.02. The van der Waals surface area contributed by atoms with E-state index < -0.39 is 0 Å². The third-order valence-corrected chi connectivity index (χ3v) is 3.19. The summed E-state index contributed by atoms with van der Waals surface area (Å²) in [5.41, 5.74) is 2.13. The second kappa shape index (κ2) is 11.9. The molecule has 132 valence electrons. The van der Waals surface area contributed by atoms with Gasteiger partial charge in [-0.15, -0.1) is 24.0 Å². The number of ether oxygens (including phenoxy) is 1. The van der Waals surface area contributed by atoms with Crippen molar-refractivity contribution in [3.8, 4) is 11.3 Å². The molecule has 24 heavy (non-hydrogen) atoms. The number of imidazole rings is 1. The number of guanidine groups is 1. The number of aromatic nitrogens is 2. The highest BCUT2D eigenvalue weighted by Crippen LogP contribution is 2.16. The van der Waals surface area contributed by atoms with Gasteiger partial charge in [-0.3, -0.25) is 0 Å². The lowest BCUT2D eigenvalue weighted by molar-refractivity contribution is 0.152. The maximum Gasteiger partial charge on any atom is 0.191 e. The molecule has 0 saturated heterocycles. The van der Waals surface area contributed by atoms with Crippen LogP contribution in [0.15, 0.2) is 41.5 Å². The molecule has 0 aliphatic carbocycles. The molecule has 0 atom stereocenters. The standard InChI is InChI=1S/C17H25N5O.HI/c1-3-18-17(19-10-11-23-4-2)21-13-16-20-12-15(22-16)14-8-6-5-7-9-14;/h5-9,12H,3-4,10-11,13H2,1-2H3,(H,20,22)(H2,18,19,21);1H. The van der Waals surface area contributed by atoms with Gasteiger partial charge in [0.1, 0.15) is 12.4 Å². The zero-order valence-electron chi connectivity index (χ0n) is 14.2. The maximum atomic E-state index is 5.31. The highest BCUT2D eigenvalue weighted by molar-refractivity contribution is 14.0. The quantitative estimate of drug-likeness (QED) is 0.254. The monoisotopic (exact) mass is 443 g/mol. The first-order chi connectivity index (χ1) is 11.3. The first kappa shape index (κ1) is 20.4. The largest absolute Gasteiger partial charge is 0.380 e. The number of H-pyrrole nitrogens is 1. The first-order valence-corrected chi connectivity index (χ1v) is 8.02. The maximum absolute atomic E-state index is 5.31. The molecule has 0 aliphatic heterocycles. The summed E-state index contributed by atoms with van der Waals surface area (Å²) in [6.07, 6.45) is 1.84. The molecule has 1 aromatic heterocycles. The van der Waals surface area contributed by atoms with Crippen molar-refractivity contribution in [1.82, 2.24) is 20.6 Å².